The van der Waals surface area contributed by atoms with Crippen LogP contribution in [0.15, 0.2) is 77.7 Å². The highest BCUT2D eigenvalue weighted by Crippen LogP contribution is 2.23. The van der Waals surface area contributed by atoms with E-state index in [9.17, 15) is 4.79 Å². The monoisotopic (exact) mass is 391 g/mol. The number of carbonyl (C=O) groups excluding carboxylic acids is 1. The van der Waals surface area contributed by atoms with Gasteiger partial charge in [-0.15, -0.1) is 11.8 Å². The number of ether oxygens (including phenoxy) is 1. The highest BCUT2D eigenvalue weighted by Gasteiger charge is 2.15. The van der Waals surface area contributed by atoms with Crippen molar-refractivity contribution in [3.05, 3.63) is 89.5 Å². The minimum atomic E-state index is -0.575. The molecular weight excluding hydrogens is 366 g/mol. The summed E-state index contributed by atoms with van der Waals surface area (Å²) in [6.45, 7) is 5.79. The van der Waals surface area contributed by atoms with E-state index in [1.165, 1.54) is 10.5 Å². The number of thioether (sulfide) groups is 1. The van der Waals surface area contributed by atoms with Crippen LogP contribution < -0.4 is 10.1 Å². The van der Waals surface area contributed by atoms with Crippen LogP contribution >= 0.6 is 11.8 Å². The topological polar surface area (TPSA) is 38.3 Å². The van der Waals surface area contributed by atoms with E-state index < -0.39 is 6.10 Å². The summed E-state index contributed by atoms with van der Waals surface area (Å²) in [5.74, 6) is 1.45. The first-order valence-electron chi connectivity index (χ1n) is 9.32. The number of carbonyl (C=O) groups is 1. The van der Waals surface area contributed by atoms with Crippen molar-refractivity contribution in [1.82, 2.24) is 0 Å². The van der Waals surface area contributed by atoms with Gasteiger partial charge in [0, 0.05) is 16.3 Å². The van der Waals surface area contributed by atoms with Gasteiger partial charge in [0.1, 0.15) is 5.75 Å². The molecule has 3 rings (SSSR count). The lowest BCUT2D eigenvalue weighted by molar-refractivity contribution is -0.122. The van der Waals surface area contributed by atoms with Crippen LogP contribution in [0.5, 0.6) is 5.75 Å². The normalized spacial score (nSPS) is 11.7. The molecule has 0 bridgehead atoms. The molecule has 0 aromatic heterocycles. The minimum absolute atomic E-state index is 0.162. The SMILES string of the molecule is Cc1cc(C)cc(O[C@@H](C)C(=O)Nc2ccc(CSc3ccccc3)cc2)c1. The zero-order valence-corrected chi connectivity index (χ0v) is 17.3. The second kappa shape index (κ2) is 9.47. The lowest BCUT2D eigenvalue weighted by Gasteiger charge is -2.16. The highest BCUT2D eigenvalue weighted by molar-refractivity contribution is 7.98. The average molecular weight is 392 g/mol. The number of nitrogens with one attached hydrogen (secondary N) is 1. The van der Waals surface area contributed by atoms with Crippen molar-refractivity contribution in [2.24, 2.45) is 0 Å². The van der Waals surface area contributed by atoms with E-state index in [-0.39, 0.29) is 5.91 Å². The van der Waals surface area contributed by atoms with Crippen molar-refractivity contribution in [2.45, 2.75) is 37.5 Å². The number of aryl methyl sites for hydroxylation is 2. The molecule has 0 saturated heterocycles. The quantitative estimate of drug-likeness (QED) is 0.502. The molecule has 0 unspecified atom stereocenters. The predicted octanol–water partition coefficient (Wildman–Crippen LogP) is 6.00. The number of amides is 1. The Morgan fingerprint density at radius 1 is 0.964 bits per heavy atom. The fourth-order valence-electron chi connectivity index (χ4n) is 2.87. The molecule has 3 nitrogen and oxygen atoms in total. The Labute approximate surface area is 171 Å². The van der Waals surface area contributed by atoms with Gasteiger partial charge in [-0.1, -0.05) is 36.4 Å². The molecule has 3 aromatic rings. The average Bonchev–Trinajstić information content (AvgIpc) is 2.67. The van der Waals surface area contributed by atoms with Crippen molar-refractivity contribution < 1.29 is 9.53 Å². The van der Waals surface area contributed by atoms with Gasteiger partial charge >= 0.3 is 0 Å². The molecule has 28 heavy (non-hydrogen) atoms. The van der Waals surface area contributed by atoms with Crippen molar-refractivity contribution in [2.75, 3.05) is 5.32 Å². The van der Waals surface area contributed by atoms with E-state index in [0.717, 1.165) is 22.6 Å². The van der Waals surface area contributed by atoms with Gasteiger partial charge in [-0.2, -0.15) is 0 Å². The Morgan fingerprint density at radius 3 is 2.25 bits per heavy atom. The Morgan fingerprint density at radius 2 is 1.61 bits per heavy atom. The first kappa shape index (κ1) is 20.0. The molecule has 144 valence electrons. The smallest absolute Gasteiger partial charge is 0.265 e. The maximum absolute atomic E-state index is 12.4. The highest BCUT2D eigenvalue weighted by atomic mass is 32.2. The number of hydrogen-bond donors (Lipinski definition) is 1. The molecule has 0 aliphatic carbocycles. The third kappa shape index (κ3) is 5.89. The van der Waals surface area contributed by atoms with E-state index in [1.54, 1.807) is 18.7 Å². The summed E-state index contributed by atoms with van der Waals surface area (Å²) < 4.78 is 5.81. The van der Waals surface area contributed by atoms with Crippen LogP contribution in [0.25, 0.3) is 0 Å². The van der Waals surface area contributed by atoms with Gasteiger partial charge in [0.25, 0.3) is 5.91 Å². The lowest BCUT2D eigenvalue weighted by Crippen LogP contribution is -2.30. The first-order chi connectivity index (χ1) is 13.5. The van der Waals surface area contributed by atoms with Crippen molar-refractivity contribution in [3.8, 4) is 5.75 Å². The Kier molecular flexibility index (Phi) is 6.77. The van der Waals surface area contributed by atoms with E-state index in [2.05, 4.69) is 23.5 Å². The second-order valence-corrected chi connectivity index (χ2v) is 7.92. The molecule has 0 radical (unpaired) electrons. The fourth-order valence-corrected chi connectivity index (χ4v) is 3.75. The molecule has 0 aliphatic heterocycles. The molecule has 0 fully saturated rings. The fraction of sp³-hybridized carbons (Fsp3) is 0.208. The summed E-state index contributed by atoms with van der Waals surface area (Å²) in [6, 6.07) is 24.2. The second-order valence-electron chi connectivity index (χ2n) is 6.87. The van der Waals surface area contributed by atoms with E-state index in [0.29, 0.717) is 5.75 Å². The zero-order chi connectivity index (χ0) is 19.9. The lowest BCUT2D eigenvalue weighted by atomic mass is 10.1. The first-order valence-corrected chi connectivity index (χ1v) is 10.3. The van der Waals surface area contributed by atoms with Gasteiger partial charge in [0.2, 0.25) is 0 Å². The maximum Gasteiger partial charge on any atom is 0.265 e. The van der Waals surface area contributed by atoms with Crippen molar-refractivity contribution in [1.29, 1.82) is 0 Å². The summed E-state index contributed by atoms with van der Waals surface area (Å²) in [4.78, 5) is 13.7. The van der Waals surface area contributed by atoms with E-state index in [4.69, 9.17) is 4.74 Å². The summed E-state index contributed by atoms with van der Waals surface area (Å²) >= 11 is 1.79. The van der Waals surface area contributed by atoms with Crippen LogP contribution in [-0.4, -0.2) is 12.0 Å². The zero-order valence-electron chi connectivity index (χ0n) is 16.4. The molecule has 0 heterocycles. The van der Waals surface area contributed by atoms with E-state index in [1.807, 2.05) is 68.4 Å². The van der Waals surface area contributed by atoms with Crippen molar-refractivity contribution >= 4 is 23.4 Å². The van der Waals surface area contributed by atoms with Crippen LogP contribution in [0, 0.1) is 13.8 Å². The van der Waals surface area contributed by atoms with Crippen LogP contribution in [0.1, 0.15) is 23.6 Å². The van der Waals surface area contributed by atoms with Gasteiger partial charge in [-0.3, -0.25) is 4.79 Å². The van der Waals surface area contributed by atoms with Crippen LogP contribution in [0.3, 0.4) is 0 Å². The predicted molar refractivity (Wildman–Crippen MR) is 117 cm³/mol. The number of benzene rings is 3. The van der Waals surface area contributed by atoms with Gasteiger partial charge in [0.15, 0.2) is 6.10 Å². The van der Waals surface area contributed by atoms with Gasteiger partial charge in [-0.25, -0.2) is 0 Å². The molecule has 0 aliphatic rings. The largest absolute Gasteiger partial charge is 0.481 e. The Balaban J connectivity index is 1.53. The van der Waals surface area contributed by atoms with Crippen LogP contribution in [0.2, 0.25) is 0 Å². The van der Waals surface area contributed by atoms with Crippen LogP contribution in [0.4, 0.5) is 5.69 Å². The molecule has 1 atom stereocenters. The molecule has 4 heteroatoms. The van der Waals surface area contributed by atoms with Crippen LogP contribution in [-0.2, 0) is 10.5 Å². The third-order valence-electron chi connectivity index (χ3n) is 4.25. The molecule has 0 saturated carbocycles. The molecule has 3 aromatic carbocycles. The Bertz CT molecular complexity index is 903. The number of hydrogen-bond acceptors (Lipinski definition) is 3. The minimum Gasteiger partial charge on any atom is -0.481 e. The molecular formula is C24H25NO2S. The number of rotatable bonds is 7. The number of anilines is 1. The van der Waals surface area contributed by atoms with Gasteiger partial charge in [-0.05, 0) is 73.9 Å². The molecule has 0 spiro atoms. The van der Waals surface area contributed by atoms with E-state index >= 15 is 0 Å². The summed E-state index contributed by atoms with van der Waals surface area (Å²) in [5, 5.41) is 2.92. The van der Waals surface area contributed by atoms with Gasteiger partial charge in [0.05, 0.1) is 0 Å². The molecule has 1 N–H and O–H groups in total. The maximum atomic E-state index is 12.4. The Hall–Kier alpha value is -2.72. The van der Waals surface area contributed by atoms with Crippen molar-refractivity contribution in [3.63, 3.8) is 0 Å². The third-order valence-corrected chi connectivity index (χ3v) is 5.33. The summed E-state index contributed by atoms with van der Waals surface area (Å²) in [5.41, 5.74) is 4.22. The molecule has 1 amide bonds. The van der Waals surface area contributed by atoms with Gasteiger partial charge < -0.3 is 10.1 Å². The summed E-state index contributed by atoms with van der Waals surface area (Å²) in [7, 11) is 0. The standard InChI is InChI=1S/C24H25NO2S/c1-17-13-18(2)15-22(14-17)27-19(3)24(26)25-21-11-9-20(10-12-21)16-28-23-7-5-4-6-8-23/h4-15,19H,16H2,1-3H3,(H,25,26)/t19-/m0/s1. The summed E-state index contributed by atoms with van der Waals surface area (Å²) in [6.07, 6.45) is -0.575.